The normalized spacial score (nSPS) is 10.8. The molecule has 0 bridgehead atoms. The molecule has 0 radical (unpaired) electrons. The molecule has 3 aromatic rings. The minimum Gasteiger partial charge on any atom is -0.497 e. The summed E-state index contributed by atoms with van der Waals surface area (Å²) >= 11 is 0. The van der Waals surface area contributed by atoms with Gasteiger partial charge in [0.1, 0.15) is 35.6 Å². The molecule has 3 rings (SSSR count). The average molecular weight is 416 g/mol. The summed E-state index contributed by atoms with van der Waals surface area (Å²) in [5.41, 5.74) is 2.68. The molecule has 0 atom stereocenters. The fourth-order valence-electron chi connectivity index (χ4n) is 2.90. The van der Waals surface area contributed by atoms with Crippen LogP contribution in [0.4, 0.5) is 10.1 Å². The van der Waals surface area contributed by atoms with Crippen LogP contribution in [-0.2, 0) is 11.4 Å². The maximum absolute atomic E-state index is 13.4. The van der Waals surface area contributed by atoms with Crippen LogP contribution in [0.1, 0.15) is 16.7 Å². The predicted octanol–water partition coefficient (Wildman–Crippen LogP) is 5.27. The molecule has 0 heterocycles. The second-order valence-corrected chi connectivity index (χ2v) is 6.82. The van der Waals surface area contributed by atoms with Crippen molar-refractivity contribution < 1.29 is 18.7 Å². The molecule has 0 aliphatic carbocycles. The van der Waals surface area contributed by atoms with E-state index in [1.54, 1.807) is 36.4 Å². The van der Waals surface area contributed by atoms with Gasteiger partial charge in [-0.3, -0.25) is 4.79 Å². The molecule has 1 amide bonds. The maximum atomic E-state index is 13.4. The zero-order valence-corrected chi connectivity index (χ0v) is 17.2. The summed E-state index contributed by atoms with van der Waals surface area (Å²) in [6, 6.07) is 20.4. The first-order chi connectivity index (χ1) is 15.0. The number of halogens is 1. The van der Waals surface area contributed by atoms with Gasteiger partial charge in [0.2, 0.25) is 0 Å². The largest absolute Gasteiger partial charge is 0.497 e. The van der Waals surface area contributed by atoms with Gasteiger partial charge in [-0.15, -0.1) is 0 Å². The van der Waals surface area contributed by atoms with Gasteiger partial charge in [-0.2, -0.15) is 5.26 Å². The molecule has 3 aromatic carbocycles. The lowest BCUT2D eigenvalue weighted by molar-refractivity contribution is -0.112. The van der Waals surface area contributed by atoms with E-state index in [4.69, 9.17) is 9.47 Å². The Kier molecular flexibility index (Phi) is 7.02. The van der Waals surface area contributed by atoms with Crippen LogP contribution in [0, 0.1) is 24.1 Å². The third-order valence-electron chi connectivity index (χ3n) is 4.44. The molecule has 0 spiro atoms. The summed E-state index contributed by atoms with van der Waals surface area (Å²) in [7, 11) is 1.52. The van der Waals surface area contributed by atoms with Crippen LogP contribution in [-0.4, -0.2) is 13.0 Å². The lowest BCUT2D eigenvalue weighted by Gasteiger charge is -2.12. The Labute approximate surface area is 180 Å². The van der Waals surface area contributed by atoms with E-state index in [1.807, 2.05) is 31.2 Å². The Balaban J connectivity index is 1.86. The zero-order chi connectivity index (χ0) is 22.2. The first-order valence-corrected chi connectivity index (χ1v) is 9.53. The number of carbonyl (C=O) groups excluding carboxylic acids is 1. The number of nitrogens with one attached hydrogen (secondary N) is 1. The number of aryl methyl sites for hydroxylation is 1. The van der Waals surface area contributed by atoms with Crippen molar-refractivity contribution in [3.8, 4) is 17.6 Å². The minimum absolute atomic E-state index is 0.0812. The quantitative estimate of drug-likeness (QED) is 0.421. The molecule has 0 aromatic heterocycles. The van der Waals surface area contributed by atoms with Gasteiger partial charge >= 0.3 is 0 Å². The number of carbonyl (C=O) groups is 1. The van der Waals surface area contributed by atoms with Crippen LogP contribution in [0.2, 0.25) is 0 Å². The van der Waals surface area contributed by atoms with Crippen LogP contribution >= 0.6 is 0 Å². The zero-order valence-electron chi connectivity index (χ0n) is 17.2. The van der Waals surface area contributed by atoms with E-state index in [0.717, 1.165) is 5.56 Å². The number of nitriles is 1. The summed E-state index contributed by atoms with van der Waals surface area (Å²) < 4.78 is 24.5. The monoisotopic (exact) mass is 416 g/mol. The summed E-state index contributed by atoms with van der Waals surface area (Å²) in [6.07, 6.45) is 1.45. The number of rotatable bonds is 7. The van der Waals surface area contributed by atoms with E-state index in [0.29, 0.717) is 28.3 Å². The van der Waals surface area contributed by atoms with E-state index in [9.17, 15) is 14.4 Å². The lowest BCUT2D eigenvalue weighted by Crippen LogP contribution is -2.13. The van der Waals surface area contributed by atoms with Crippen molar-refractivity contribution in [3.05, 3.63) is 94.8 Å². The summed E-state index contributed by atoms with van der Waals surface area (Å²) in [6.45, 7) is 2.03. The second-order valence-electron chi connectivity index (χ2n) is 6.82. The Bertz CT molecular complexity index is 1170. The first-order valence-electron chi connectivity index (χ1n) is 9.53. The van der Waals surface area contributed by atoms with Gasteiger partial charge in [0.15, 0.2) is 0 Å². The molecule has 0 saturated carbocycles. The van der Waals surface area contributed by atoms with Gasteiger partial charge in [0.25, 0.3) is 5.91 Å². The number of anilines is 1. The second kappa shape index (κ2) is 10.1. The number of benzene rings is 3. The van der Waals surface area contributed by atoms with E-state index in [1.165, 1.54) is 25.3 Å². The maximum Gasteiger partial charge on any atom is 0.266 e. The smallest absolute Gasteiger partial charge is 0.266 e. The van der Waals surface area contributed by atoms with E-state index < -0.39 is 5.91 Å². The molecule has 156 valence electrons. The number of hydrogen-bond donors (Lipinski definition) is 1. The Morgan fingerprint density at radius 3 is 2.65 bits per heavy atom. The highest BCUT2D eigenvalue weighted by molar-refractivity contribution is 6.09. The summed E-state index contributed by atoms with van der Waals surface area (Å²) in [4.78, 5) is 12.6. The Morgan fingerprint density at radius 1 is 1.13 bits per heavy atom. The number of amides is 1. The van der Waals surface area contributed by atoms with Gasteiger partial charge in [-0.25, -0.2) is 4.39 Å². The van der Waals surface area contributed by atoms with Crippen molar-refractivity contribution in [2.75, 3.05) is 12.4 Å². The molecule has 0 unspecified atom stereocenters. The predicted molar refractivity (Wildman–Crippen MR) is 117 cm³/mol. The van der Waals surface area contributed by atoms with Gasteiger partial charge in [0.05, 0.1) is 7.11 Å². The highest BCUT2D eigenvalue weighted by Crippen LogP contribution is 2.28. The summed E-state index contributed by atoms with van der Waals surface area (Å²) in [5.74, 6) is 0.0697. The molecule has 0 aliphatic rings. The molecular formula is C25H21FN2O3. The van der Waals surface area contributed by atoms with E-state index in [-0.39, 0.29) is 18.0 Å². The Hall–Kier alpha value is -4.11. The van der Waals surface area contributed by atoms with Crippen LogP contribution in [0.15, 0.2) is 72.3 Å². The van der Waals surface area contributed by atoms with Crippen LogP contribution in [0.25, 0.3) is 6.08 Å². The van der Waals surface area contributed by atoms with Gasteiger partial charge < -0.3 is 14.8 Å². The molecule has 31 heavy (non-hydrogen) atoms. The van der Waals surface area contributed by atoms with Crippen molar-refractivity contribution in [3.63, 3.8) is 0 Å². The van der Waals surface area contributed by atoms with Crippen molar-refractivity contribution in [1.29, 1.82) is 5.26 Å². The molecule has 5 nitrogen and oxygen atoms in total. The van der Waals surface area contributed by atoms with Gasteiger partial charge in [0, 0.05) is 17.3 Å². The number of ether oxygens (including phenoxy) is 2. The van der Waals surface area contributed by atoms with E-state index in [2.05, 4.69) is 5.32 Å². The lowest BCUT2D eigenvalue weighted by atomic mass is 10.1. The van der Waals surface area contributed by atoms with Crippen molar-refractivity contribution in [1.82, 2.24) is 0 Å². The molecule has 0 aliphatic heterocycles. The highest BCUT2D eigenvalue weighted by atomic mass is 19.1. The molecule has 0 saturated heterocycles. The van der Waals surface area contributed by atoms with Gasteiger partial charge in [-0.1, -0.05) is 24.3 Å². The van der Waals surface area contributed by atoms with Crippen LogP contribution < -0.4 is 14.8 Å². The van der Waals surface area contributed by atoms with Crippen LogP contribution in [0.3, 0.4) is 0 Å². The number of methoxy groups -OCH3 is 1. The summed E-state index contributed by atoms with van der Waals surface area (Å²) in [5, 5.41) is 12.3. The third-order valence-corrected chi connectivity index (χ3v) is 4.44. The average Bonchev–Trinajstić information content (AvgIpc) is 2.76. The third kappa shape index (κ3) is 5.94. The molecular weight excluding hydrogens is 395 g/mol. The SMILES string of the molecule is COc1ccc(/C=C(\C#N)C(=O)Nc2cccc(C)c2)c(OCc2cccc(F)c2)c1. The fourth-order valence-corrected chi connectivity index (χ4v) is 2.90. The highest BCUT2D eigenvalue weighted by Gasteiger charge is 2.13. The molecule has 0 fully saturated rings. The molecule has 6 heteroatoms. The number of nitrogens with zero attached hydrogens (tertiary/aromatic N) is 1. The Morgan fingerprint density at radius 2 is 1.94 bits per heavy atom. The first kappa shape index (κ1) is 21.6. The van der Waals surface area contributed by atoms with Gasteiger partial charge in [-0.05, 0) is 60.5 Å². The molecule has 1 N–H and O–H groups in total. The van der Waals surface area contributed by atoms with Crippen LogP contribution in [0.5, 0.6) is 11.5 Å². The topological polar surface area (TPSA) is 71.3 Å². The number of hydrogen-bond acceptors (Lipinski definition) is 4. The van der Waals surface area contributed by atoms with Crippen molar-refractivity contribution >= 4 is 17.7 Å². The fraction of sp³-hybridized carbons (Fsp3) is 0.120. The van der Waals surface area contributed by atoms with E-state index >= 15 is 0 Å². The van der Waals surface area contributed by atoms with Crippen molar-refractivity contribution in [2.45, 2.75) is 13.5 Å². The minimum atomic E-state index is -0.528. The standard InChI is InChI=1S/C25H21FN2O3/c1-17-5-3-8-22(11-17)28-25(29)20(15-27)13-19-9-10-23(30-2)14-24(19)31-16-18-6-4-7-21(26)12-18/h3-14H,16H2,1-2H3,(H,28,29)/b20-13+. The van der Waals surface area contributed by atoms with Crippen molar-refractivity contribution in [2.24, 2.45) is 0 Å².